The van der Waals surface area contributed by atoms with E-state index in [1.54, 1.807) is 7.11 Å². The van der Waals surface area contributed by atoms with Crippen LogP contribution in [0.4, 0.5) is 19.0 Å². The van der Waals surface area contributed by atoms with E-state index in [2.05, 4.69) is 19.2 Å². The van der Waals surface area contributed by atoms with Gasteiger partial charge in [0.15, 0.2) is 11.6 Å². The molecule has 10 heteroatoms. The number of anilines is 1. The molecule has 2 saturated carbocycles. The van der Waals surface area contributed by atoms with Crippen LogP contribution in [0.2, 0.25) is 0 Å². The molecule has 3 aliphatic rings. The van der Waals surface area contributed by atoms with Gasteiger partial charge in [0.1, 0.15) is 5.82 Å². The number of pyridine rings is 1. The van der Waals surface area contributed by atoms with Crippen molar-refractivity contribution < 1.29 is 22.6 Å². The molecular formula is C21H26F3N5O2. The van der Waals surface area contributed by atoms with E-state index in [9.17, 15) is 13.2 Å². The number of hydrogen-bond donors (Lipinski definition) is 1. The third kappa shape index (κ3) is 4.36. The van der Waals surface area contributed by atoms with Gasteiger partial charge in [-0.2, -0.15) is 0 Å². The summed E-state index contributed by atoms with van der Waals surface area (Å²) in [4.78, 5) is 11.1. The van der Waals surface area contributed by atoms with Crippen molar-refractivity contribution >= 4 is 5.82 Å². The second kappa shape index (κ2) is 7.67. The third-order valence-electron chi connectivity index (χ3n) is 6.54. The van der Waals surface area contributed by atoms with Gasteiger partial charge in [-0.3, -0.25) is 0 Å². The Morgan fingerprint density at radius 1 is 1.23 bits per heavy atom. The van der Waals surface area contributed by atoms with Crippen molar-refractivity contribution in [2.24, 2.45) is 17.8 Å². The zero-order valence-corrected chi connectivity index (χ0v) is 17.3. The fourth-order valence-corrected chi connectivity index (χ4v) is 4.76. The number of imidazole rings is 1. The van der Waals surface area contributed by atoms with Gasteiger partial charge in [-0.05, 0) is 36.7 Å². The Morgan fingerprint density at radius 3 is 2.61 bits per heavy atom. The molecule has 3 atom stereocenters. The predicted octanol–water partition coefficient (Wildman–Crippen LogP) is 3.13. The molecule has 2 aliphatic carbocycles. The highest BCUT2D eigenvalue weighted by molar-refractivity contribution is 5.64. The number of rotatable bonds is 8. The van der Waals surface area contributed by atoms with Crippen molar-refractivity contribution in [3.8, 4) is 17.0 Å². The summed E-state index contributed by atoms with van der Waals surface area (Å²) in [5.74, 6) is 2.04. The molecule has 3 heterocycles. The highest BCUT2D eigenvalue weighted by atomic mass is 19.4. The topological polar surface area (TPSA) is 78.4 Å². The lowest BCUT2D eigenvalue weighted by atomic mass is 10.2. The molecule has 1 aliphatic heterocycles. The van der Waals surface area contributed by atoms with Gasteiger partial charge in [-0.1, -0.05) is 0 Å². The van der Waals surface area contributed by atoms with Crippen LogP contribution in [0, 0.1) is 17.8 Å². The quantitative estimate of drug-likeness (QED) is 0.684. The van der Waals surface area contributed by atoms with Crippen LogP contribution in [-0.2, 0) is 11.2 Å². The monoisotopic (exact) mass is 437 g/mol. The number of ether oxygens (including phenoxy) is 2. The van der Waals surface area contributed by atoms with Crippen molar-refractivity contribution in [2.75, 3.05) is 39.1 Å². The summed E-state index contributed by atoms with van der Waals surface area (Å²) in [7, 11) is 1.72. The Kier molecular flexibility index (Phi) is 5.09. The maximum absolute atomic E-state index is 12.7. The third-order valence-corrected chi connectivity index (χ3v) is 6.54. The summed E-state index contributed by atoms with van der Waals surface area (Å²) in [5.41, 5.74) is 6.65. The van der Waals surface area contributed by atoms with Gasteiger partial charge in [-0.15, -0.1) is 13.2 Å². The average molecular weight is 437 g/mol. The average Bonchev–Trinajstić information content (AvgIpc) is 3.55. The number of hydrogen-bond acceptors (Lipinski definition) is 6. The minimum atomic E-state index is -4.83. The Hall–Kier alpha value is -2.33. The molecule has 2 aromatic heterocycles. The van der Waals surface area contributed by atoms with Crippen LogP contribution < -0.4 is 10.5 Å². The molecule has 31 heavy (non-hydrogen) atoms. The van der Waals surface area contributed by atoms with Gasteiger partial charge in [-0.25, -0.2) is 9.97 Å². The number of nitrogens with two attached hydrogens (primary N) is 1. The number of methoxy groups -OCH3 is 1. The molecule has 0 bridgehead atoms. The van der Waals surface area contributed by atoms with Crippen LogP contribution in [0.15, 0.2) is 18.5 Å². The summed E-state index contributed by atoms with van der Waals surface area (Å²) in [6.07, 6.45) is 1.90. The van der Waals surface area contributed by atoms with Crippen molar-refractivity contribution in [2.45, 2.75) is 31.7 Å². The SMILES string of the molecule is COCCN1C[C@@H]2C(n3cc(-c4cnc(N)c(OC(F)(F)F)c4)nc3CC3CC3)[C@@H]2C1. The summed E-state index contributed by atoms with van der Waals surface area (Å²) < 4.78 is 49.6. The maximum Gasteiger partial charge on any atom is 0.573 e. The molecular weight excluding hydrogens is 411 g/mol. The number of piperidine rings is 1. The van der Waals surface area contributed by atoms with Crippen LogP contribution >= 0.6 is 0 Å². The van der Waals surface area contributed by atoms with Crippen LogP contribution in [0.3, 0.4) is 0 Å². The van der Waals surface area contributed by atoms with E-state index in [0.717, 1.165) is 38.5 Å². The molecule has 168 valence electrons. The largest absolute Gasteiger partial charge is 0.573 e. The number of alkyl halides is 3. The maximum atomic E-state index is 12.7. The molecule has 0 radical (unpaired) electrons. The summed E-state index contributed by atoms with van der Waals surface area (Å²) in [6.45, 7) is 3.77. The van der Waals surface area contributed by atoms with Crippen LogP contribution in [-0.4, -0.2) is 59.1 Å². The first-order valence-corrected chi connectivity index (χ1v) is 10.6. The van der Waals surface area contributed by atoms with Crippen molar-refractivity contribution in [1.82, 2.24) is 19.4 Å². The molecule has 1 saturated heterocycles. The van der Waals surface area contributed by atoms with E-state index in [1.807, 2.05) is 6.20 Å². The number of aromatic nitrogens is 3. The molecule has 0 spiro atoms. The smallest absolute Gasteiger partial charge is 0.402 e. The number of likely N-dealkylation sites (tertiary alicyclic amines) is 1. The molecule has 5 rings (SSSR count). The van der Waals surface area contributed by atoms with E-state index in [1.165, 1.54) is 25.1 Å². The second-order valence-corrected chi connectivity index (χ2v) is 8.82. The Labute approximate surface area is 178 Å². The number of nitrogen functional groups attached to an aromatic ring is 1. The molecule has 7 nitrogen and oxygen atoms in total. The minimum Gasteiger partial charge on any atom is -0.402 e. The fraction of sp³-hybridized carbons (Fsp3) is 0.619. The van der Waals surface area contributed by atoms with Crippen LogP contribution in [0.1, 0.15) is 24.7 Å². The zero-order chi connectivity index (χ0) is 21.8. The first-order chi connectivity index (χ1) is 14.8. The van der Waals surface area contributed by atoms with Crippen molar-refractivity contribution in [3.63, 3.8) is 0 Å². The highest BCUT2D eigenvalue weighted by Gasteiger charge is 2.57. The molecule has 2 aromatic rings. The molecule has 0 aromatic carbocycles. The first kappa shape index (κ1) is 20.6. The van der Waals surface area contributed by atoms with Crippen molar-refractivity contribution in [3.05, 3.63) is 24.3 Å². The lowest BCUT2D eigenvalue weighted by molar-refractivity contribution is -0.274. The van der Waals surface area contributed by atoms with E-state index in [0.29, 0.717) is 35.1 Å². The van der Waals surface area contributed by atoms with Crippen molar-refractivity contribution in [1.29, 1.82) is 0 Å². The first-order valence-electron chi connectivity index (χ1n) is 10.6. The van der Waals surface area contributed by atoms with E-state index < -0.39 is 12.1 Å². The summed E-state index contributed by atoms with van der Waals surface area (Å²) in [6, 6.07) is 1.67. The second-order valence-electron chi connectivity index (χ2n) is 8.82. The van der Waals surface area contributed by atoms with Crippen LogP contribution in [0.25, 0.3) is 11.3 Å². The number of halogens is 3. The number of fused-ring (bicyclic) bond motifs is 1. The summed E-state index contributed by atoms with van der Waals surface area (Å²) in [5, 5.41) is 0. The predicted molar refractivity (Wildman–Crippen MR) is 107 cm³/mol. The van der Waals surface area contributed by atoms with Crippen LogP contribution in [0.5, 0.6) is 5.75 Å². The minimum absolute atomic E-state index is 0.299. The highest BCUT2D eigenvalue weighted by Crippen LogP contribution is 2.56. The lowest BCUT2D eigenvalue weighted by Gasteiger charge is -2.20. The van der Waals surface area contributed by atoms with Gasteiger partial charge < -0.3 is 24.7 Å². The van der Waals surface area contributed by atoms with Gasteiger partial charge in [0.2, 0.25) is 0 Å². The molecule has 0 amide bonds. The standard InChI is InChI=1S/C21H26F3N5O2/c1-30-5-4-28-9-14-15(10-28)19(14)29-11-16(27-18(29)6-12-2-3-12)13-7-17(20(25)26-8-13)31-21(22,23)24/h7-8,11-12,14-15,19H,2-6,9-10H2,1H3,(H2,25,26)/t14-,15+,19?. The van der Waals surface area contributed by atoms with Gasteiger partial charge >= 0.3 is 6.36 Å². The van der Waals surface area contributed by atoms with Gasteiger partial charge in [0, 0.05) is 57.2 Å². The molecule has 1 unspecified atom stereocenters. The normalized spacial score (nSPS) is 25.6. The molecule has 3 fully saturated rings. The van der Waals surface area contributed by atoms with E-state index in [-0.39, 0.29) is 5.82 Å². The van der Waals surface area contributed by atoms with Gasteiger partial charge in [0.05, 0.1) is 12.3 Å². The Morgan fingerprint density at radius 2 is 1.97 bits per heavy atom. The zero-order valence-electron chi connectivity index (χ0n) is 17.3. The van der Waals surface area contributed by atoms with E-state index >= 15 is 0 Å². The Balaban J connectivity index is 1.38. The number of nitrogens with zero attached hydrogens (tertiary/aromatic N) is 4. The Bertz CT molecular complexity index is 947. The van der Waals surface area contributed by atoms with E-state index in [4.69, 9.17) is 15.5 Å². The summed E-state index contributed by atoms with van der Waals surface area (Å²) >= 11 is 0. The molecule has 2 N–H and O–H groups in total. The lowest BCUT2D eigenvalue weighted by Crippen LogP contribution is -2.28. The van der Waals surface area contributed by atoms with Gasteiger partial charge in [0.25, 0.3) is 0 Å². The fourth-order valence-electron chi connectivity index (χ4n) is 4.76.